The van der Waals surface area contributed by atoms with Gasteiger partial charge in [0.25, 0.3) is 0 Å². The van der Waals surface area contributed by atoms with Gasteiger partial charge in [0.2, 0.25) is 0 Å². The molecule has 164 valence electrons. The Hall–Kier alpha value is -2.00. The molecule has 0 spiro atoms. The molecule has 3 nitrogen and oxygen atoms in total. The van der Waals surface area contributed by atoms with Crippen molar-refractivity contribution in [2.24, 2.45) is 5.41 Å². The Kier molecular flexibility index (Phi) is 7.82. The fourth-order valence-electron chi connectivity index (χ4n) is 4.96. The molecule has 3 heteroatoms. The molecule has 0 unspecified atom stereocenters. The van der Waals surface area contributed by atoms with Crippen molar-refractivity contribution < 1.29 is 9.47 Å². The number of hydrogen-bond donors (Lipinski definition) is 0. The molecule has 1 aliphatic carbocycles. The summed E-state index contributed by atoms with van der Waals surface area (Å²) in [5, 5.41) is 0. The quantitative estimate of drug-likeness (QED) is 0.532. The SMILES string of the molecule is CC.COc1ccc([C@@H]2CN(Cc3ccccc3)CC2(C)C)cc1OC1CCCC1. The maximum atomic E-state index is 6.35. The molecular formula is C27H39NO2. The molecule has 1 atom stereocenters. The Bertz CT molecular complexity index is 781. The van der Waals surface area contributed by atoms with Crippen LogP contribution < -0.4 is 9.47 Å². The number of likely N-dealkylation sites (tertiary alicyclic amines) is 1. The Labute approximate surface area is 183 Å². The van der Waals surface area contributed by atoms with Gasteiger partial charge in [0.1, 0.15) is 0 Å². The molecule has 1 saturated carbocycles. The molecule has 2 aliphatic rings. The van der Waals surface area contributed by atoms with Gasteiger partial charge in [0, 0.05) is 25.6 Å². The van der Waals surface area contributed by atoms with E-state index in [4.69, 9.17) is 9.47 Å². The van der Waals surface area contributed by atoms with Crippen LogP contribution in [0.15, 0.2) is 48.5 Å². The molecule has 0 N–H and O–H groups in total. The van der Waals surface area contributed by atoms with E-state index in [9.17, 15) is 0 Å². The van der Waals surface area contributed by atoms with Crippen molar-refractivity contribution >= 4 is 0 Å². The molecule has 4 rings (SSSR count). The van der Waals surface area contributed by atoms with E-state index in [1.54, 1.807) is 7.11 Å². The minimum atomic E-state index is 0.230. The fraction of sp³-hybridized carbons (Fsp3) is 0.556. The zero-order valence-corrected chi connectivity index (χ0v) is 19.5. The molecule has 0 amide bonds. The Morgan fingerprint density at radius 1 is 0.967 bits per heavy atom. The summed E-state index contributed by atoms with van der Waals surface area (Å²) in [4.78, 5) is 2.59. The summed E-state index contributed by atoms with van der Waals surface area (Å²) in [5.74, 6) is 2.27. The number of benzene rings is 2. The van der Waals surface area contributed by atoms with Crippen molar-refractivity contribution in [1.29, 1.82) is 0 Å². The maximum absolute atomic E-state index is 6.35. The van der Waals surface area contributed by atoms with E-state index in [-0.39, 0.29) is 5.41 Å². The van der Waals surface area contributed by atoms with Crippen LogP contribution in [0.4, 0.5) is 0 Å². The van der Waals surface area contributed by atoms with Crippen LogP contribution >= 0.6 is 0 Å². The summed E-state index contributed by atoms with van der Waals surface area (Å²) in [6.45, 7) is 12.0. The lowest BCUT2D eigenvalue weighted by atomic mass is 9.78. The molecule has 2 aromatic carbocycles. The molecule has 2 fully saturated rings. The third-order valence-electron chi connectivity index (χ3n) is 6.45. The van der Waals surface area contributed by atoms with Crippen LogP contribution in [0, 0.1) is 5.41 Å². The zero-order chi connectivity index (χ0) is 21.6. The molecule has 1 aliphatic heterocycles. The number of hydrogen-bond acceptors (Lipinski definition) is 3. The topological polar surface area (TPSA) is 21.7 Å². The molecular weight excluding hydrogens is 370 g/mol. The van der Waals surface area contributed by atoms with Crippen molar-refractivity contribution in [2.75, 3.05) is 20.2 Å². The lowest BCUT2D eigenvalue weighted by molar-refractivity contribution is 0.200. The van der Waals surface area contributed by atoms with Gasteiger partial charge in [-0.05, 0) is 54.4 Å². The van der Waals surface area contributed by atoms with Crippen molar-refractivity contribution in [3.63, 3.8) is 0 Å². The summed E-state index contributed by atoms with van der Waals surface area (Å²) in [5.41, 5.74) is 2.99. The van der Waals surface area contributed by atoms with Crippen LogP contribution in [0.25, 0.3) is 0 Å². The number of ether oxygens (including phenoxy) is 2. The Morgan fingerprint density at radius 3 is 2.33 bits per heavy atom. The van der Waals surface area contributed by atoms with Crippen molar-refractivity contribution in [3.05, 3.63) is 59.7 Å². The van der Waals surface area contributed by atoms with Crippen LogP contribution in [0.3, 0.4) is 0 Å². The minimum Gasteiger partial charge on any atom is -0.493 e. The lowest BCUT2D eigenvalue weighted by Crippen LogP contribution is -2.23. The molecule has 1 heterocycles. The highest BCUT2D eigenvalue weighted by molar-refractivity contribution is 5.45. The van der Waals surface area contributed by atoms with Gasteiger partial charge in [0.15, 0.2) is 11.5 Å². The van der Waals surface area contributed by atoms with Crippen LogP contribution in [0.2, 0.25) is 0 Å². The molecule has 0 bridgehead atoms. The predicted octanol–water partition coefficient (Wildman–Crippen LogP) is 6.67. The Balaban J connectivity index is 0.00000124. The average molecular weight is 410 g/mol. The lowest BCUT2D eigenvalue weighted by Gasteiger charge is -2.27. The third-order valence-corrected chi connectivity index (χ3v) is 6.45. The number of rotatable bonds is 6. The van der Waals surface area contributed by atoms with Crippen molar-refractivity contribution in [2.45, 2.75) is 71.9 Å². The van der Waals surface area contributed by atoms with Gasteiger partial charge in [-0.15, -0.1) is 0 Å². The van der Waals surface area contributed by atoms with Gasteiger partial charge in [0.05, 0.1) is 13.2 Å². The van der Waals surface area contributed by atoms with E-state index in [1.165, 1.54) is 24.0 Å². The van der Waals surface area contributed by atoms with E-state index in [0.29, 0.717) is 12.0 Å². The second-order valence-electron chi connectivity index (χ2n) is 9.13. The molecule has 0 aromatic heterocycles. The normalized spacial score (nSPS) is 21.2. The van der Waals surface area contributed by atoms with Crippen LogP contribution in [0.1, 0.15) is 70.4 Å². The van der Waals surface area contributed by atoms with E-state index in [2.05, 4.69) is 67.3 Å². The van der Waals surface area contributed by atoms with Crippen molar-refractivity contribution in [3.8, 4) is 11.5 Å². The van der Waals surface area contributed by atoms with Gasteiger partial charge >= 0.3 is 0 Å². The minimum absolute atomic E-state index is 0.230. The van der Waals surface area contributed by atoms with Gasteiger partial charge < -0.3 is 9.47 Å². The second kappa shape index (κ2) is 10.3. The first-order chi connectivity index (χ1) is 14.5. The van der Waals surface area contributed by atoms with Crippen LogP contribution in [0.5, 0.6) is 11.5 Å². The standard InChI is InChI=1S/C25H33NO2.C2H6/c1-25(2)18-26(16-19-9-5-4-6-10-19)17-22(25)20-13-14-23(27-3)24(15-20)28-21-11-7-8-12-21;1-2/h4-6,9-10,13-15,21-22H,7-8,11-12,16-18H2,1-3H3;1-2H3/t22-;/m0./s1. The monoisotopic (exact) mass is 409 g/mol. The second-order valence-corrected chi connectivity index (χ2v) is 9.13. The highest BCUT2D eigenvalue weighted by atomic mass is 16.5. The largest absolute Gasteiger partial charge is 0.493 e. The summed E-state index contributed by atoms with van der Waals surface area (Å²) >= 11 is 0. The molecule has 30 heavy (non-hydrogen) atoms. The zero-order valence-electron chi connectivity index (χ0n) is 19.5. The van der Waals surface area contributed by atoms with Gasteiger partial charge in [-0.2, -0.15) is 0 Å². The predicted molar refractivity (Wildman–Crippen MR) is 125 cm³/mol. The number of methoxy groups -OCH3 is 1. The summed E-state index contributed by atoms with van der Waals surface area (Å²) < 4.78 is 11.9. The highest BCUT2D eigenvalue weighted by Gasteiger charge is 2.40. The molecule has 2 aromatic rings. The van der Waals surface area contributed by atoms with E-state index < -0.39 is 0 Å². The van der Waals surface area contributed by atoms with Crippen molar-refractivity contribution in [1.82, 2.24) is 4.90 Å². The fourth-order valence-corrected chi connectivity index (χ4v) is 4.96. The smallest absolute Gasteiger partial charge is 0.161 e. The van der Waals surface area contributed by atoms with Crippen LogP contribution in [-0.2, 0) is 6.54 Å². The summed E-state index contributed by atoms with van der Waals surface area (Å²) in [6, 6.07) is 17.4. The van der Waals surface area contributed by atoms with E-state index >= 15 is 0 Å². The third kappa shape index (κ3) is 5.37. The summed E-state index contributed by atoms with van der Waals surface area (Å²) in [6.07, 6.45) is 5.21. The van der Waals surface area contributed by atoms with E-state index in [1.807, 2.05) is 13.8 Å². The first-order valence-electron chi connectivity index (χ1n) is 11.7. The Morgan fingerprint density at radius 2 is 1.67 bits per heavy atom. The molecule has 0 radical (unpaired) electrons. The van der Waals surface area contributed by atoms with E-state index in [0.717, 1.165) is 44.0 Å². The maximum Gasteiger partial charge on any atom is 0.161 e. The van der Waals surface area contributed by atoms with Gasteiger partial charge in [-0.3, -0.25) is 4.90 Å². The highest BCUT2D eigenvalue weighted by Crippen LogP contribution is 2.45. The van der Waals surface area contributed by atoms with Gasteiger partial charge in [-0.25, -0.2) is 0 Å². The number of nitrogens with zero attached hydrogens (tertiary/aromatic N) is 1. The van der Waals surface area contributed by atoms with Gasteiger partial charge in [-0.1, -0.05) is 64.1 Å². The first-order valence-corrected chi connectivity index (χ1v) is 11.7. The first kappa shape index (κ1) is 22.7. The molecule has 1 saturated heterocycles. The van der Waals surface area contributed by atoms with Crippen LogP contribution in [-0.4, -0.2) is 31.2 Å². The average Bonchev–Trinajstić information content (AvgIpc) is 3.37. The summed E-state index contributed by atoms with van der Waals surface area (Å²) in [7, 11) is 1.73.